The monoisotopic (exact) mass is 228 g/mol. The number of rotatable bonds is 0. The molecule has 80 valence electrons. The Bertz CT molecular complexity index is 599. The summed E-state index contributed by atoms with van der Waals surface area (Å²) in [4.78, 5) is 0. The molecule has 3 heteroatoms. The van der Waals surface area contributed by atoms with Crippen molar-refractivity contribution in [2.75, 3.05) is 0 Å². The lowest BCUT2D eigenvalue weighted by Crippen LogP contribution is -2.32. The van der Waals surface area contributed by atoms with Crippen LogP contribution < -0.4 is 20.9 Å². The summed E-state index contributed by atoms with van der Waals surface area (Å²) < 4.78 is 3.36. The molecule has 1 aliphatic heterocycles. The number of hydrogen-bond donors (Lipinski definition) is 2. The predicted octanol–water partition coefficient (Wildman–Crippen LogP) is 0.608. The molecule has 2 nitrogen and oxygen atoms in total. The smallest absolute Gasteiger partial charge is 0.0888 e. The SMILES string of the molecule is NC1=c2ccccc2=C2C=CC=CC2NS1. The van der Waals surface area contributed by atoms with Crippen LogP contribution in [0.4, 0.5) is 0 Å². The van der Waals surface area contributed by atoms with Gasteiger partial charge in [-0.25, -0.2) is 4.72 Å². The average molecular weight is 228 g/mol. The summed E-state index contributed by atoms with van der Waals surface area (Å²) in [6, 6.07) is 8.52. The van der Waals surface area contributed by atoms with Crippen LogP contribution in [0.15, 0.2) is 48.6 Å². The first kappa shape index (κ1) is 9.75. The molecular formula is C13H12N2S. The zero-order valence-corrected chi connectivity index (χ0v) is 9.50. The molecule has 3 rings (SSSR count). The standard InChI is InChI=1S/C13H12N2S/c14-13-11-7-2-1-5-9(11)10-6-3-4-8-12(10)15-16-13/h1-8,12,15H,14H2. The summed E-state index contributed by atoms with van der Waals surface area (Å²) in [6.45, 7) is 0. The van der Waals surface area contributed by atoms with E-state index in [1.807, 2.05) is 6.07 Å². The number of hydrogen-bond acceptors (Lipinski definition) is 3. The zero-order chi connectivity index (χ0) is 11.0. The minimum Gasteiger partial charge on any atom is -0.392 e. The third-order valence-corrected chi connectivity index (χ3v) is 3.64. The Balaban J connectivity index is 2.43. The molecule has 0 fully saturated rings. The van der Waals surface area contributed by atoms with Crippen LogP contribution in [0, 0.1) is 0 Å². The van der Waals surface area contributed by atoms with Crippen molar-refractivity contribution in [1.29, 1.82) is 0 Å². The summed E-state index contributed by atoms with van der Waals surface area (Å²) in [5.41, 5.74) is 7.34. The molecule has 0 saturated heterocycles. The van der Waals surface area contributed by atoms with Crippen molar-refractivity contribution in [2.24, 2.45) is 5.73 Å². The van der Waals surface area contributed by atoms with Crippen molar-refractivity contribution in [1.82, 2.24) is 4.72 Å². The molecule has 2 aliphatic rings. The van der Waals surface area contributed by atoms with Gasteiger partial charge in [0.25, 0.3) is 0 Å². The van der Waals surface area contributed by atoms with E-state index in [1.165, 1.54) is 22.7 Å². The topological polar surface area (TPSA) is 38.0 Å². The van der Waals surface area contributed by atoms with Crippen LogP contribution in [0.2, 0.25) is 0 Å². The molecule has 16 heavy (non-hydrogen) atoms. The molecule has 0 aromatic heterocycles. The highest BCUT2D eigenvalue weighted by atomic mass is 32.2. The maximum atomic E-state index is 6.06. The highest BCUT2D eigenvalue weighted by molar-refractivity contribution is 8.06. The first-order chi connectivity index (χ1) is 7.86. The van der Waals surface area contributed by atoms with E-state index in [9.17, 15) is 0 Å². The van der Waals surface area contributed by atoms with E-state index < -0.39 is 0 Å². The second-order valence-corrected chi connectivity index (χ2v) is 4.69. The minimum atomic E-state index is 0.247. The second kappa shape index (κ2) is 3.85. The maximum absolute atomic E-state index is 6.06. The lowest BCUT2D eigenvalue weighted by molar-refractivity contribution is 0.958. The lowest BCUT2D eigenvalue weighted by Gasteiger charge is -2.15. The van der Waals surface area contributed by atoms with E-state index in [4.69, 9.17) is 5.73 Å². The van der Waals surface area contributed by atoms with Crippen molar-refractivity contribution in [3.8, 4) is 0 Å². The number of nitrogens with two attached hydrogens (primary N) is 1. The van der Waals surface area contributed by atoms with Gasteiger partial charge in [0.1, 0.15) is 0 Å². The molecule has 0 spiro atoms. The van der Waals surface area contributed by atoms with Crippen molar-refractivity contribution >= 4 is 22.6 Å². The van der Waals surface area contributed by atoms with Gasteiger partial charge in [-0.15, -0.1) is 0 Å². The summed E-state index contributed by atoms with van der Waals surface area (Å²) in [5, 5.41) is 3.18. The number of nitrogens with one attached hydrogen (secondary N) is 1. The van der Waals surface area contributed by atoms with Crippen LogP contribution in [-0.4, -0.2) is 6.04 Å². The fourth-order valence-electron chi connectivity index (χ4n) is 2.03. The van der Waals surface area contributed by atoms with E-state index >= 15 is 0 Å². The van der Waals surface area contributed by atoms with Crippen molar-refractivity contribution in [3.05, 3.63) is 59.0 Å². The highest BCUT2D eigenvalue weighted by Crippen LogP contribution is 2.17. The Morgan fingerprint density at radius 1 is 1.12 bits per heavy atom. The van der Waals surface area contributed by atoms with Gasteiger partial charge in [0.2, 0.25) is 0 Å². The Morgan fingerprint density at radius 3 is 2.81 bits per heavy atom. The van der Waals surface area contributed by atoms with Gasteiger partial charge >= 0.3 is 0 Å². The molecule has 0 radical (unpaired) electrons. The maximum Gasteiger partial charge on any atom is 0.0888 e. The Labute approximate surface area is 98.4 Å². The normalized spacial score (nSPS) is 22.6. The molecule has 0 saturated carbocycles. The Morgan fingerprint density at radius 2 is 1.94 bits per heavy atom. The van der Waals surface area contributed by atoms with Gasteiger partial charge in [-0.1, -0.05) is 48.6 Å². The average Bonchev–Trinajstić information content (AvgIpc) is 2.49. The molecule has 1 aliphatic carbocycles. The van der Waals surface area contributed by atoms with Gasteiger partial charge in [-0.05, 0) is 22.7 Å². The molecule has 1 atom stereocenters. The molecular weight excluding hydrogens is 216 g/mol. The number of fused-ring (bicyclic) bond motifs is 2. The van der Waals surface area contributed by atoms with Gasteiger partial charge < -0.3 is 5.73 Å². The summed E-state index contributed by atoms with van der Waals surface area (Å²) in [7, 11) is 0. The first-order valence-corrected chi connectivity index (χ1v) is 6.04. The van der Waals surface area contributed by atoms with Crippen LogP contribution >= 0.6 is 11.9 Å². The van der Waals surface area contributed by atoms with Gasteiger partial charge in [-0.3, -0.25) is 0 Å². The van der Waals surface area contributed by atoms with Crippen LogP contribution in [-0.2, 0) is 0 Å². The third kappa shape index (κ3) is 1.49. The fraction of sp³-hybridized carbons (Fsp3) is 0.0769. The molecule has 1 unspecified atom stereocenters. The number of allylic oxidation sites excluding steroid dienone is 2. The minimum absolute atomic E-state index is 0.247. The molecule has 1 aromatic carbocycles. The van der Waals surface area contributed by atoms with Crippen molar-refractivity contribution in [2.45, 2.75) is 6.04 Å². The van der Waals surface area contributed by atoms with Crippen LogP contribution in [0.25, 0.3) is 10.6 Å². The van der Waals surface area contributed by atoms with Gasteiger partial charge in [0.05, 0.1) is 11.1 Å². The quantitative estimate of drug-likeness (QED) is 0.639. The third-order valence-electron chi connectivity index (χ3n) is 2.82. The van der Waals surface area contributed by atoms with Crippen molar-refractivity contribution in [3.63, 3.8) is 0 Å². The molecule has 0 bridgehead atoms. The zero-order valence-electron chi connectivity index (χ0n) is 8.68. The molecule has 3 N–H and O–H groups in total. The molecule has 1 aromatic rings. The van der Waals surface area contributed by atoms with E-state index in [-0.39, 0.29) is 6.04 Å². The second-order valence-electron chi connectivity index (χ2n) is 3.81. The van der Waals surface area contributed by atoms with Gasteiger partial charge in [0, 0.05) is 5.22 Å². The Kier molecular flexibility index (Phi) is 2.35. The van der Waals surface area contributed by atoms with E-state index in [2.05, 4.69) is 47.2 Å². The summed E-state index contributed by atoms with van der Waals surface area (Å²) in [5.74, 6) is 0. The van der Waals surface area contributed by atoms with Crippen molar-refractivity contribution < 1.29 is 0 Å². The first-order valence-electron chi connectivity index (χ1n) is 5.22. The predicted molar refractivity (Wildman–Crippen MR) is 69.5 cm³/mol. The fourth-order valence-corrected chi connectivity index (χ4v) is 2.78. The van der Waals surface area contributed by atoms with E-state index in [0.717, 1.165) is 10.2 Å². The Hall–Kier alpha value is -1.45. The molecule has 1 heterocycles. The molecule has 0 amide bonds. The summed E-state index contributed by atoms with van der Waals surface area (Å²) in [6.07, 6.45) is 8.43. The van der Waals surface area contributed by atoms with Gasteiger partial charge in [-0.2, -0.15) is 0 Å². The van der Waals surface area contributed by atoms with E-state index in [0.29, 0.717) is 0 Å². The van der Waals surface area contributed by atoms with E-state index in [1.54, 1.807) is 0 Å². The largest absolute Gasteiger partial charge is 0.392 e. The highest BCUT2D eigenvalue weighted by Gasteiger charge is 2.15. The summed E-state index contributed by atoms with van der Waals surface area (Å²) >= 11 is 1.51. The number of benzene rings is 1. The van der Waals surface area contributed by atoms with Crippen LogP contribution in [0.5, 0.6) is 0 Å². The van der Waals surface area contributed by atoms with Crippen LogP contribution in [0.1, 0.15) is 0 Å². The lowest BCUT2D eigenvalue weighted by atomic mass is 9.99. The van der Waals surface area contributed by atoms with Crippen LogP contribution in [0.3, 0.4) is 0 Å². The van der Waals surface area contributed by atoms with Gasteiger partial charge in [0.15, 0.2) is 0 Å².